The fourth-order valence-electron chi connectivity index (χ4n) is 4.53. The Morgan fingerprint density at radius 2 is 1.83 bits per heavy atom. The Morgan fingerprint density at radius 3 is 2.47 bits per heavy atom. The molecule has 0 bridgehead atoms. The number of carbonyl (C=O) groups excluding carboxylic acids is 2. The molecular formula is C24H25FN2O3. The molecule has 1 fully saturated rings. The van der Waals surface area contributed by atoms with Crippen LogP contribution in [0.1, 0.15) is 36.6 Å². The molecule has 0 spiro atoms. The van der Waals surface area contributed by atoms with Gasteiger partial charge in [-0.2, -0.15) is 0 Å². The van der Waals surface area contributed by atoms with Gasteiger partial charge in [0.25, 0.3) is 0 Å². The van der Waals surface area contributed by atoms with Crippen molar-refractivity contribution in [2.24, 2.45) is 11.8 Å². The third kappa shape index (κ3) is 3.41. The summed E-state index contributed by atoms with van der Waals surface area (Å²) in [7, 11) is 0. The largest absolute Gasteiger partial charge is 0.396 e. The lowest BCUT2D eigenvalue weighted by Gasteiger charge is -2.23. The molecular weight excluding hydrogens is 383 g/mol. The van der Waals surface area contributed by atoms with Gasteiger partial charge in [-0.3, -0.25) is 9.59 Å². The molecule has 1 aromatic heterocycles. The minimum atomic E-state index is -0.893. The van der Waals surface area contributed by atoms with Gasteiger partial charge in [0, 0.05) is 29.1 Å². The number of nitrogens with one attached hydrogen (secondary N) is 2. The molecule has 0 radical (unpaired) electrons. The molecule has 3 atom stereocenters. The van der Waals surface area contributed by atoms with Crippen LogP contribution in [0.25, 0.3) is 10.9 Å². The van der Waals surface area contributed by atoms with Crippen LogP contribution in [0, 0.1) is 17.7 Å². The first-order valence-corrected chi connectivity index (χ1v) is 10.2. The summed E-state index contributed by atoms with van der Waals surface area (Å²) in [4.78, 5) is 29.5. The molecule has 3 N–H and O–H groups in total. The molecule has 6 heteroatoms. The molecule has 1 aliphatic heterocycles. The lowest BCUT2D eigenvalue weighted by Crippen LogP contribution is -2.34. The summed E-state index contributed by atoms with van der Waals surface area (Å²) in [5, 5.41) is 13.3. The predicted molar refractivity (Wildman–Crippen MR) is 113 cm³/mol. The van der Waals surface area contributed by atoms with E-state index in [4.69, 9.17) is 0 Å². The van der Waals surface area contributed by atoms with Crippen LogP contribution in [0.3, 0.4) is 0 Å². The van der Waals surface area contributed by atoms with E-state index in [0.717, 1.165) is 16.5 Å². The molecule has 3 unspecified atom stereocenters. The SMILES string of the molecule is CC(C)C1NC(=O)C(C(c2ccccc2)c2[nH]c3cc(F)ccc3c2CCO)C1=O. The summed E-state index contributed by atoms with van der Waals surface area (Å²) in [6.45, 7) is 3.72. The van der Waals surface area contributed by atoms with Gasteiger partial charge in [0.05, 0.1) is 6.04 Å². The highest BCUT2D eigenvalue weighted by atomic mass is 19.1. The minimum Gasteiger partial charge on any atom is -0.396 e. The Kier molecular flexibility index (Phi) is 5.43. The lowest BCUT2D eigenvalue weighted by atomic mass is 9.78. The molecule has 1 amide bonds. The topological polar surface area (TPSA) is 82.2 Å². The number of rotatable bonds is 6. The first-order chi connectivity index (χ1) is 14.4. The van der Waals surface area contributed by atoms with Crippen LogP contribution >= 0.6 is 0 Å². The van der Waals surface area contributed by atoms with E-state index in [1.807, 2.05) is 44.2 Å². The average molecular weight is 408 g/mol. The van der Waals surface area contributed by atoms with E-state index in [1.165, 1.54) is 12.1 Å². The molecule has 2 heterocycles. The molecule has 4 rings (SSSR count). The van der Waals surface area contributed by atoms with Crippen LogP contribution in [0.5, 0.6) is 0 Å². The molecule has 1 aliphatic rings. The zero-order chi connectivity index (χ0) is 21.4. The highest BCUT2D eigenvalue weighted by molar-refractivity contribution is 6.11. The summed E-state index contributed by atoms with van der Waals surface area (Å²) >= 11 is 0. The van der Waals surface area contributed by atoms with Crippen molar-refractivity contribution in [3.05, 3.63) is 71.2 Å². The number of hydrogen-bond acceptors (Lipinski definition) is 3. The highest BCUT2D eigenvalue weighted by Crippen LogP contribution is 2.40. The quantitative estimate of drug-likeness (QED) is 0.547. The molecule has 0 saturated carbocycles. The number of H-pyrrole nitrogens is 1. The smallest absolute Gasteiger partial charge is 0.232 e. The number of benzene rings is 2. The standard InChI is InChI=1S/C24H25FN2O3/c1-13(2)21-23(29)20(24(30)27-21)19(14-6-4-3-5-7-14)22-17(10-11-28)16-9-8-15(25)12-18(16)26-22/h3-9,12-13,19-21,26,28H,10-11H2,1-2H3,(H,27,30). The Balaban J connectivity index is 1.93. The predicted octanol–water partition coefficient (Wildman–Crippen LogP) is 3.31. The van der Waals surface area contributed by atoms with Gasteiger partial charge in [0.2, 0.25) is 5.91 Å². The van der Waals surface area contributed by atoms with Crippen molar-refractivity contribution < 1.29 is 19.1 Å². The summed E-state index contributed by atoms with van der Waals surface area (Å²) in [6, 6.07) is 13.3. The number of amides is 1. The number of ketones is 1. The number of aliphatic hydroxyl groups is 1. The van der Waals surface area contributed by atoms with E-state index >= 15 is 0 Å². The number of aromatic amines is 1. The number of hydrogen-bond donors (Lipinski definition) is 3. The fourth-order valence-corrected chi connectivity index (χ4v) is 4.53. The van der Waals surface area contributed by atoms with Crippen molar-refractivity contribution in [3.63, 3.8) is 0 Å². The second-order valence-corrected chi connectivity index (χ2v) is 8.18. The number of Topliss-reactive ketones (excluding diaryl/α,β-unsaturated/α-hetero) is 1. The van der Waals surface area contributed by atoms with E-state index in [1.54, 1.807) is 6.07 Å². The summed E-state index contributed by atoms with van der Waals surface area (Å²) < 4.78 is 13.9. The van der Waals surface area contributed by atoms with Gasteiger partial charge in [-0.15, -0.1) is 0 Å². The molecule has 156 valence electrons. The zero-order valence-corrected chi connectivity index (χ0v) is 17.0. The average Bonchev–Trinajstić information content (AvgIpc) is 3.21. The first-order valence-electron chi connectivity index (χ1n) is 10.2. The molecule has 30 heavy (non-hydrogen) atoms. The Morgan fingerprint density at radius 1 is 1.10 bits per heavy atom. The Hall–Kier alpha value is -2.99. The monoisotopic (exact) mass is 408 g/mol. The highest BCUT2D eigenvalue weighted by Gasteiger charge is 2.48. The van der Waals surface area contributed by atoms with Gasteiger partial charge >= 0.3 is 0 Å². The number of aromatic nitrogens is 1. The van der Waals surface area contributed by atoms with Crippen LogP contribution in [-0.2, 0) is 16.0 Å². The van der Waals surface area contributed by atoms with Gasteiger partial charge in [0.1, 0.15) is 11.7 Å². The summed E-state index contributed by atoms with van der Waals surface area (Å²) in [5.74, 6) is -2.28. The summed E-state index contributed by atoms with van der Waals surface area (Å²) in [5.41, 5.74) is 2.88. The Labute approximate surface area is 174 Å². The second-order valence-electron chi connectivity index (χ2n) is 8.18. The maximum atomic E-state index is 13.9. The number of halogens is 1. The van der Waals surface area contributed by atoms with Crippen LogP contribution in [0.4, 0.5) is 4.39 Å². The van der Waals surface area contributed by atoms with Crippen LogP contribution in [-0.4, -0.2) is 34.4 Å². The fraction of sp³-hybridized carbons (Fsp3) is 0.333. The van der Waals surface area contributed by atoms with Crippen LogP contribution < -0.4 is 5.32 Å². The second kappa shape index (κ2) is 8.03. The van der Waals surface area contributed by atoms with E-state index < -0.39 is 17.9 Å². The maximum absolute atomic E-state index is 13.9. The van der Waals surface area contributed by atoms with Crippen molar-refractivity contribution >= 4 is 22.6 Å². The van der Waals surface area contributed by atoms with Gasteiger partial charge in [-0.1, -0.05) is 44.2 Å². The van der Waals surface area contributed by atoms with E-state index in [0.29, 0.717) is 17.6 Å². The molecule has 5 nitrogen and oxygen atoms in total. The number of aliphatic hydroxyl groups excluding tert-OH is 1. The van der Waals surface area contributed by atoms with Crippen molar-refractivity contribution in [2.45, 2.75) is 32.2 Å². The molecule has 1 saturated heterocycles. The first kappa shape index (κ1) is 20.3. The third-order valence-corrected chi connectivity index (χ3v) is 5.93. The zero-order valence-electron chi connectivity index (χ0n) is 17.0. The Bertz CT molecular complexity index is 1090. The van der Waals surface area contributed by atoms with Gasteiger partial charge in [-0.25, -0.2) is 4.39 Å². The van der Waals surface area contributed by atoms with Gasteiger partial charge in [-0.05, 0) is 41.7 Å². The van der Waals surface area contributed by atoms with E-state index in [9.17, 15) is 19.1 Å². The molecule has 2 aromatic carbocycles. The third-order valence-electron chi connectivity index (χ3n) is 5.93. The van der Waals surface area contributed by atoms with Crippen LogP contribution in [0.2, 0.25) is 0 Å². The van der Waals surface area contributed by atoms with E-state index in [2.05, 4.69) is 10.3 Å². The van der Waals surface area contributed by atoms with Gasteiger partial charge < -0.3 is 15.4 Å². The normalized spacial score (nSPS) is 20.2. The minimum absolute atomic E-state index is 0.0170. The van der Waals surface area contributed by atoms with Crippen molar-refractivity contribution in [3.8, 4) is 0 Å². The summed E-state index contributed by atoms with van der Waals surface area (Å²) in [6.07, 6.45) is 0.334. The van der Waals surface area contributed by atoms with Gasteiger partial charge in [0.15, 0.2) is 5.78 Å². The number of fused-ring (bicyclic) bond motifs is 1. The number of carbonyl (C=O) groups is 2. The van der Waals surface area contributed by atoms with Crippen molar-refractivity contribution in [1.29, 1.82) is 0 Å². The maximum Gasteiger partial charge on any atom is 0.232 e. The van der Waals surface area contributed by atoms with Crippen molar-refractivity contribution in [2.75, 3.05) is 6.61 Å². The molecule has 3 aromatic rings. The van der Waals surface area contributed by atoms with Crippen LogP contribution in [0.15, 0.2) is 48.5 Å². The van der Waals surface area contributed by atoms with E-state index in [-0.39, 0.29) is 30.0 Å². The lowest BCUT2D eigenvalue weighted by molar-refractivity contribution is -0.128. The molecule has 0 aliphatic carbocycles. The van der Waals surface area contributed by atoms with Crippen molar-refractivity contribution in [1.82, 2.24) is 10.3 Å².